The largest absolute Gasteiger partial charge is 0.393 e. The number of nitro groups is 1. The van der Waals surface area contributed by atoms with Gasteiger partial charge in [0.2, 0.25) is 0 Å². The van der Waals surface area contributed by atoms with E-state index in [1.165, 1.54) is 29.2 Å². The van der Waals surface area contributed by atoms with Gasteiger partial charge in [-0.1, -0.05) is 0 Å². The number of aliphatic hydroxyl groups excluding tert-OH is 1. The van der Waals surface area contributed by atoms with Gasteiger partial charge >= 0.3 is 5.69 Å². The van der Waals surface area contributed by atoms with Gasteiger partial charge in [0.1, 0.15) is 11.9 Å². The highest BCUT2D eigenvalue weighted by atomic mass is 19.1. The minimum atomic E-state index is -0.658. The zero-order valence-electron chi connectivity index (χ0n) is 10.3. The van der Waals surface area contributed by atoms with Gasteiger partial charge in [-0.3, -0.25) is 19.8 Å². The van der Waals surface area contributed by atoms with Crippen molar-refractivity contribution >= 4 is 5.69 Å². The molecular formula is C12H11FN4O3. The van der Waals surface area contributed by atoms with Crippen LogP contribution in [0.1, 0.15) is 18.9 Å². The van der Waals surface area contributed by atoms with Crippen LogP contribution in [0.2, 0.25) is 0 Å². The van der Waals surface area contributed by atoms with Gasteiger partial charge in [-0.2, -0.15) is 5.10 Å². The quantitative estimate of drug-likeness (QED) is 0.681. The molecule has 1 aliphatic carbocycles. The van der Waals surface area contributed by atoms with E-state index in [1.807, 2.05) is 0 Å². The molecule has 0 spiro atoms. The van der Waals surface area contributed by atoms with E-state index in [0.29, 0.717) is 12.8 Å². The molecule has 20 heavy (non-hydrogen) atoms. The molecule has 2 aromatic heterocycles. The Hall–Kier alpha value is -2.35. The number of aromatic nitrogens is 3. The van der Waals surface area contributed by atoms with Crippen molar-refractivity contribution in [2.75, 3.05) is 0 Å². The third-order valence-corrected chi connectivity index (χ3v) is 3.35. The van der Waals surface area contributed by atoms with Crippen molar-refractivity contribution in [2.24, 2.45) is 0 Å². The lowest BCUT2D eigenvalue weighted by Crippen LogP contribution is -2.31. The van der Waals surface area contributed by atoms with Crippen LogP contribution in [0.4, 0.5) is 10.1 Å². The predicted octanol–water partition coefficient (Wildman–Crippen LogP) is 1.69. The smallest absolute Gasteiger partial charge is 0.316 e. The van der Waals surface area contributed by atoms with Crippen molar-refractivity contribution in [2.45, 2.75) is 25.0 Å². The Balaban J connectivity index is 2.05. The number of aliphatic hydroxyl groups is 1. The molecule has 0 bridgehead atoms. The van der Waals surface area contributed by atoms with Crippen LogP contribution in [-0.4, -0.2) is 30.9 Å². The summed E-state index contributed by atoms with van der Waals surface area (Å²) in [7, 11) is 0. The van der Waals surface area contributed by atoms with Gasteiger partial charge in [0.15, 0.2) is 11.5 Å². The standard InChI is InChI=1S/C12H11FN4O3/c13-9-2-1-3-14-11(9)12-10(17(19)20)6-16(15-12)7-4-8(18)5-7/h1-3,6-8,18H,4-5H2/t7-,8+. The number of halogens is 1. The third-order valence-electron chi connectivity index (χ3n) is 3.35. The Labute approximate surface area is 112 Å². The van der Waals surface area contributed by atoms with Gasteiger partial charge in [-0.05, 0) is 25.0 Å². The van der Waals surface area contributed by atoms with E-state index in [4.69, 9.17) is 0 Å². The Bertz CT molecular complexity index is 666. The Morgan fingerprint density at radius 2 is 2.20 bits per heavy atom. The molecule has 1 saturated carbocycles. The van der Waals surface area contributed by atoms with E-state index in [2.05, 4.69) is 10.1 Å². The number of rotatable bonds is 3. The lowest BCUT2D eigenvalue weighted by atomic mass is 9.90. The first-order valence-electron chi connectivity index (χ1n) is 6.08. The molecular weight excluding hydrogens is 267 g/mol. The summed E-state index contributed by atoms with van der Waals surface area (Å²) >= 11 is 0. The second-order valence-electron chi connectivity index (χ2n) is 4.71. The zero-order chi connectivity index (χ0) is 14.3. The summed E-state index contributed by atoms with van der Waals surface area (Å²) in [6.45, 7) is 0. The number of hydrogen-bond donors (Lipinski definition) is 1. The fourth-order valence-corrected chi connectivity index (χ4v) is 2.21. The summed E-state index contributed by atoms with van der Waals surface area (Å²) in [4.78, 5) is 14.3. The first-order valence-corrected chi connectivity index (χ1v) is 6.08. The molecule has 0 aliphatic heterocycles. The second-order valence-corrected chi connectivity index (χ2v) is 4.71. The molecule has 2 heterocycles. The van der Waals surface area contributed by atoms with E-state index < -0.39 is 16.8 Å². The fraction of sp³-hybridized carbons (Fsp3) is 0.333. The summed E-state index contributed by atoms with van der Waals surface area (Å²) in [5.41, 5.74) is -0.517. The molecule has 3 rings (SSSR count). The first-order chi connectivity index (χ1) is 9.56. The number of pyridine rings is 1. The lowest BCUT2D eigenvalue weighted by Gasteiger charge is -2.31. The Kier molecular flexibility index (Phi) is 2.94. The minimum Gasteiger partial charge on any atom is -0.393 e. The highest BCUT2D eigenvalue weighted by molar-refractivity contribution is 5.65. The monoisotopic (exact) mass is 278 g/mol. The molecule has 8 heteroatoms. The molecule has 0 unspecified atom stereocenters. The topological polar surface area (TPSA) is 94.1 Å². The predicted molar refractivity (Wildman–Crippen MR) is 66.3 cm³/mol. The maximum Gasteiger partial charge on any atom is 0.316 e. The van der Waals surface area contributed by atoms with Crippen molar-refractivity contribution in [3.63, 3.8) is 0 Å². The average Bonchev–Trinajstić information content (AvgIpc) is 2.80. The first kappa shape index (κ1) is 12.7. The average molecular weight is 278 g/mol. The summed E-state index contributed by atoms with van der Waals surface area (Å²) in [5.74, 6) is -0.658. The van der Waals surface area contributed by atoms with Crippen LogP contribution < -0.4 is 0 Å². The van der Waals surface area contributed by atoms with Crippen molar-refractivity contribution in [3.8, 4) is 11.4 Å². The van der Waals surface area contributed by atoms with Gasteiger partial charge < -0.3 is 5.11 Å². The van der Waals surface area contributed by atoms with E-state index in [0.717, 1.165) is 0 Å². The van der Waals surface area contributed by atoms with Crippen molar-refractivity contribution in [1.82, 2.24) is 14.8 Å². The molecule has 1 N–H and O–H groups in total. The van der Waals surface area contributed by atoms with Crippen LogP contribution in [-0.2, 0) is 0 Å². The van der Waals surface area contributed by atoms with Crippen molar-refractivity contribution in [3.05, 3.63) is 40.5 Å². The Morgan fingerprint density at radius 3 is 2.80 bits per heavy atom. The zero-order valence-corrected chi connectivity index (χ0v) is 10.3. The normalized spacial score (nSPS) is 21.5. The summed E-state index contributed by atoms with van der Waals surface area (Å²) in [6, 6.07) is 2.49. The highest BCUT2D eigenvalue weighted by Gasteiger charge is 2.33. The summed E-state index contributed by atoms with van der Waals surface area (Å²) < 4.78 is 15.1. The Morgan fingerprint density at radius 1 is 1.45 bits per heavy atom. The molecule has 0 atom stereocenters. The van der Waals surface area contributed by atoms with Crippen LogP contribution in [0.25, 0.3) is 11.4 Å². The molecule has 0 aromatic carbocycles. The van der Waals surface area contributed by atoms with Crippen LogP contribution >= 0.6 is 0 Å². The third kappa shape index (κ3) is 2.03. The van der Waals surface area contributed by atoms with Gasteiger partial charge in [0, 0.05) is 6.20 Å². The van der Waals surface area contributed by atoms with Gasteiger partial charge in [-0.15, -0.1) is 0 Å². The van der Waals surface area contributed by atoms with E-state index in [-0.39, 0.29) is 23.1 Å². The minimum absolute atomic E-state index is 0.0884. The molecule has 1 aliphatic rings. The lowest BCUT2D eigenvalue weighted by molar-refractivity contribution is -0.384. The molecule has 2 aromatic rings. The molecule has 0 amide bonds. The van der Waals surface area contributed by atoms with Gasteiger partial charge in [-0.25, -0.2) is 4.39 Å². The van der Waals surface area contributed by atoms with E-state index >= 15 is 0 Å². The van der Waals surface area contributed by atoms with Crippen LogP contribution in [0.15, 0.2) is 24.5 Å². The number of hydrogen-bond acceptors (Lipinski definition) is 5. The van der Waals surface area contributed by atoms with Crippen LogP contribution in [0, 0.1) is 15.9 Å². The number of nitrogens with zero attached hydrogens (tertiary/aromatic N) is 4. The molecule has 1 fully saturated rings. The van der Waals surface area contributed by atoms with E-state index in [1.54, 1.807) is 0 Å². The fourth-order valence-electron chi connectivity index (χ4n) is 2.21. The maximum absolute atomic E-state index is 13.7. The van der Waals surface area contributed by atoms with E-state index in [9.17, 15) is 19.6 Å². The second kappa shape index (κ2) is 4.64. The van der Waals surface area contributed by atoms with Crippen LogP contribution in [0.5, 0.6) is 0 Å². The molecule has 104 valence electrons. The van der Waals surface area contributed by atoms with Gasteiger partial charge in [0.25, 0.3) is 0 Å². The molecule has 0 radical (unpaired) electrons. The SMILES string of the molecule is O=[N+]([O-])c1cn([C@H]2C[C@@H](O)C2)nc1-c1ncccc1F. The van der Waals surface area contributed by atoms with Crippen LogP contribution in [0.3, 0.4) is 0 Å². The molecule has 0 saturated heterocycles. The van der Waals surface area contributed by atoms with Crippen molar-refractivity contribution in [1.29, 1.82) is 0 Å². The molecule has 7 nitrogen and oxygen atoms in total. The highest BCUT2D eigenvalue weighted by Crippen LogP contribution is 2.36. The summed E-state index contributed by atoms with van der Waals surface area (Å²) in [6.07, 6.45) is 3.19. The van der Waals surface area contributed by atoms with Gasteiger partial charge in [0.05, 0.1) is 17.1 Å². The van der Waals surface area contributed by atoms with Crippen molar-refractivity contribution < 1.29 is 14.4 Å². The summed E-state index contributed by atoms with van der Waals surface area (Å²) in [5, 5.41) is 24.4. The maximum atomic E-state index is 13.7.